The zero-order valence-electron chi connectivity index (χ0n) is 9.46. The number of para-hydroxylation sites is 1. The Kier molecular flexibility index (Phi) is 2.86. The lowest BCUT2D eigenvalue weighted by Crippen LogP contribution is -2.03. The Morgan fingerprint density at radius 2 is 2.17 bits per heavy atom. The molecule has 3 aromatic rings. The molecule has 0 radical (unpaired) electrons. The lowest BCUT2D eigenvalue weighted by atomic mass is 10.2. The molecule has 0 aliphatic carbocycles. The molecule has 90 valence electrons. The molecule has 0 aliphatic rings. The number of carbonyl (C=O) groups excluding carboxylic acids is 1. The van der Waals surface area contributed by atoms with Gasteiger partial charge in [0.2, 0.25) is 0 Å². The minimum Gasteiger partial charge on any atom is -0.457 e. The third-order valence-corrected chi connectivity index (χ3v) is 3.26. The summed E-state index contributed by atoms with van der Waals surface area (Å²) in [5, 5.41) is 4.62. The zero-order valence-corrected chi connectivity index (χ0v) is 10.3. The number of esters is 1. The maximum atomic E-state index is 11.6. The first-order valence-corrected chi connectivity index (χ1v) is 6.44. The van der Waals surface area contributed by atoms with Crippen LogP contribution in [0.5, 0.6) is 0 Å². The van der Waals surface area contributed by atoms with Crippen LogP contribution in [0.2, 0.25) is 0 Å². The van der Waals surface area contributed by atoms with Gasteiger partial charge in [0.1, 0.15) is 18.0 Å². The van der Waals surface area contributed by atoms with Gasteiger partial charge in [-0.3, -0.25) is 0 Å². The van der Waals surface area contributed by atoms with Gasteiger partial charge in [0, 0.05) is 10.8 Å². The third kappa shape index (κ3) is 2.15. The molecule has 2 aromatic heterocycles. The Labute approximate surface area is 108 Å². The van der Waals surface area contributed by atoms with E-state index in [2.05, 4.69) is 0 Å². The van der Waals surface area contributed by atoms with Crippen molar-refractivity contribution in [1.29, 1.82) is 0 Å². The van der Waals surface area contributed by atoms with E-state index in [0.717, 1.165) is 11.0 Å². The average molecular weight is 258 g/mol. The van der Waals surface area contributed by atoms with E-state index in [4.69, 9.17) is 9.15 Å². The Morgan fingerprint density at radius 3 is 2.94 bits per heavy atom. The standard InChI is InChI=1S/C14H10O3S/c15-14(11-5-6-18-9-11)16-8-12-7-10-3-1-2-4-13(10)17-12/h1-7,9H,8H2. The molecule has 3 rings (SSSR count). The first-order chi connectivity index (χ1) is 8.83. The first kappa shape index (κ1) is 11.0. The highest BCUT2D eigenvalue weighted by Gasteiger charge is 2.09. The summed E-state index contributed by atoms with van der Waals surface area (Å²) in [6, 6.07) is 11.3. The topological polar surface area (TPSA) is 39.4 Å². The van der Waals surface area contributed by atoms with Crippen LogP contribution in [0, 0.1) is 0 Å². The van der Waals surface area contributed by atoms with Crippen LogP contribution < -0.4 is 0 Å². The van der Waals surface area contributed by atoms with Gasteiger partial charge in [-0.1, -0.05) is 18.2 Å². The molecule has 0 bridgehead atoms. The molecule has 0 unspecified atom stereocenters. The van der Waals surface area contributed by atoms with Gasteiger partial charge in [-0.15, -0.1) is 0 Å². The number of ether oxygens (including phenoxy) is 1. The monoisotopic (exact) mass is 258 g/mol. The molecule has 0 saturated heterocycles. The van der Waals surface area contributed by atoms with Crippen molar-refractivity contribution in [3.63, 3.8) is 0 Å². The largest absolute Gasteiger partial charge is 0.457 e. The van der Waals surface area contributed by atoms with Gasteiger partial charge < -0.3 is 9.15 Å². The molecule has 3 nitrogen and oxygen atoms in total. The fourth-order valence-corrected chi connectivity index (χ4v) is 2.33. The van der Waals surface area contributed by atoms with Crippen LogP contribution in [0.3, 0.4) is 0 Å². The van der Waals surface area contributed by atoms with E-state index in [1.165, 1.54) is 11.3 Å². The quantitative estimate of drug-likeness (QED) is 0.670. The maximum absolute atomic E-state index is 11.6. The highest BCUT2D eigenvalue weighted by molar-refractivity contribution is 7.08. The third-order valence-electron chi connectivity index (χ3n) is 2.58. The molecule has 0 saturated carbocycles. The fourth-order valence-electron chi connectivity index (χ4n) is 1.71. The number of fused-ring (bicyclic) bond motifs is 1. The van der Waals surface area contributed by atoms with Crippen LogP contribution >= 0.6 is 11.3 Å². The Morgan fingerprint density at radius 1 is 1.28 bits per heavy atom. The van der Waals surface area contributed by atoms with E-state index in [1.807, 2.05) is 35.7 Å². The van der Waals surface area contributed by atoms with E-state index in [0.29, 0.717) is 11.3 Å². The highest BCUT2D eigenvalue weighted by atomic mass is 32.1. The summed E-state index contributed by atoms with van der Waals surface area (Å²) < 4.78 is 10.7. The number of hydrogen-bond acceptors (Lipinski definition) is 4. The summed E-state index contributed by atoms with van der Waals surface area (Å²) in [5.41, 5.74) is 1.38. The van der Waals surface area contributed by atoms with Crippen molar-refractivity contribution >= 4 is 28.3 Å². The van der Waals surface area contributed by atoms with Gasteiger partial charge in [0.05, 0.1) is 5.56 Å². The fraction of sp³-hybridized carbons (Fsp3) is 0.0714. The van der Waals surface area contributed by atoms with Crippen LogP contribution in [0.4, 0.5) is 0 Å². The average Bonchev–Trinajstić information content (AvgIpc) is 3.04. The van der Waals surface area contributed by atoms with Gasteiger partial charge >= 0.3 is 5.97 Å². The van der Waals surface area contributed by atoms with Gasteiger partial charge in [0.25, 0.3) is 0 Å². The lowest BCUT2D eigenvalue weighted by molar-refractivity contribution is 0.0448. The Bertz CT molecular complexity index is 634. The summed E-state index contributed by atoms with van der Waals surface area (Å²) in [6.45, 7) is 0.156. The lowest BCUT2D eigenvalue weighted by Gasteiger charge is -1.99. The van der Waals surface area contributed by atoms with E-state index < -0.39 is 0 Å². The zero-order chi connectivity index (χ0) is 12.4. The molecular formula is C14H10O3S. The van der Waals surface area contributed by atoms with E-state index in [9.17, 15) is 4.79 Å². The van der Waals surface area contributed by atoms with Crippen LogP contribution in [0.1, 0.15) is 16.1 Å². The molecule has 0 amide bonds. The Balaban J connectivity index is 1.71. The van der Waals surface area contributed by atoms with Crippen LogP contribution in [-0.4, -0.2) is 5.97 Å². The van der Waals surface area contributed by atoms with Crippen molar-refractivity contribution in [3.8, 4) is 0 Å². The number of rotatable bonds is 3. The molecule has 4 heteroatoms. The van der Waals surface area contributed by atoms with Crippen LogP contribution in [-0.2, 0) is 11.3 Å². The summed E-state index contributed by atoms with van der Waals surface area (Å²) >= 11 is 1.47. The van der Waals surface area contributed by atoms with Gasteiger partial charge in [-0.25, -0.2) is 4.79 Å². The predicted molar refractivity (Wildman–Crippen MR) is 69.7 cm³/mol. The van der Waals surface area contributed by atoms with Crippen LogP contribution in [0.25, 0.3) is 11.0 Å². The van der Waals surface area contributed by atoms with Crippen molar-refractivity contribution < 1.29 is 13.9 Å². The van der Waals surface area contributed by atoms with Crippen molar-refractivity contribution in [2.24, 2.45) is 0 Å². The maximum Gasteiger partial charge on any atom is 0.339 e. The summed E-state index contributed by atoms with van der Waals surface area (Å²) in [5.74, 6) is 0.330. The van der Waals surface area contributed by atoms with Crippen molar-refractivity contribution in [3.05, 3.63) is 58.5 Å². The number of thiophene rings is 1. The predicted octanol–water partition coefficient (Wildman–Crippen LogP) is 3.85. The minimum atomic E-state index is -0.322. The van der Waals surface area contributed by atoms with Crippen LogP contribution in [0.15, 0.2) is 51.6 Å². The molecule has 0 fully saturated rings. The normalized spacial score (nSPS) is 10.7. The van der Waals surface area contributed by atoms with Gasteiger partial charge in [-0.2, -0.15) is 11.3 Å². The summed E-state index contributed by atoms with van der Waals surface area (Å²) in [4.78, 5) is 11.6. The summed E-state index contributed by atoms with van der Waals surface area (Å²) in [6.07, 6.45) is 0. The number of benzene rings is 1. The van der Waals surface area contributed by atoms with Crippen molar-refractivity contribution in [2.75, 3.05) is 0 Å². The molecule has 2 heterocycles. The smallest absolute Gasteiger partial charge is 0.339 e. The molecule has 0 atom stereocenters. The molecule has 1 aromatic carbocycles. The summed E-state index contributed by atoms with van der Waals surface area (Å²) in [7, 11) is 0. The second-order valence-electron chi connectivity index (χ2n) is 3.84. The molecule has 18 heavy (non-hydrogen) atoms. The van der Waals surface area contributed by atoms with E-state index in [1.54, 1.807) is 11.4 Å². The van der Waals surface area contributed by atoms with Crippen molar-refractivity contribution in [2.45, 2.75) is 6.61 Å². The van der Waals surface area contributed by atoms with Gasteiger partial charge in [-0.05, 0) is 23.6 Å². The van der Waals surface area contributed by atoms with E-state index >= 15 is 0 Å². The first-order valence-electron chi connectivity index (χ1n) is 5.50. The van der Waals surface area contributed by atoms with E-state index in [-0.39, 0.29) is 12.6 Å². The van der Waals surface area contributed by atoms with Crippen molar-refractivity contribution in [1.82, 2.24) is 0 Å². The SMILES string of the molecule is O=C(OCc1cc2ccccc2o1)c1ccsc1. The number of hydrogen-bond donors (Lipinski definition) is 0. The number of carbonyl (C=O) groups is 1. The van der Waals surface area contributed by atoms with Gasteiger partial charge in [0.15, 0.2) is 0 Å². The highest BCUT2D eigenvalue weighted by Crippen LogP contribution is 2.19. The second kappa shape index (κ2) is 4.66. The number of furan rings is 1. The Hall–Kier alpha value is -2.07. The second-order valence-corrected chi connectivity index (χ2v) is 4.62. The molecule has 0 N–H and O–H groups in total. The molecule has 0 spiro atoms. The molecular weight excluding hydrogens is 248 g/mol. The molecule has 0 aliphatic heterocycles. The minimum absolute atomic E-state index is 0.156.